The molecular formula is C23H24N2O5. The Morgan fingerprint density at radius 3 is 2.40 bits per heavy atom. The predicted octanol–water partition coefficient (Wildman–Crippen LogP) is 2.62. The molecule has 0 bridgehead atoms. The number of nitrogens with one attached hydrogen (secondary N) is 1. The van der Waals surface area contributed by atoms with Crippen molar-refractivity contribution in [3.8, 4) is 5.75 Å². The van der Waals surface area contributed by atoms with E-state index in [2.05, 4.69) is 5.32 Å². The van der Waals surface area contributed by atoms with E-state index in [0.717, 1.165) is 4.90 Å². The standard InChI is InChI=1S/C23H24N2O5/c1-13(2)23(22(28)29)18-17(19(24-23)14-8-7-11-16(12-14)30-3)20(26)25(21(18)27)15-9-5-4-6-10-15/h4-13,17-19,24H,1-3H3,(H,28,29). The third-order valence-corrected chi connectivity index (χ3v) is 6.33. The number of imide groups is 1. The lowest BCUT2D eigenvalue weighted by atomic mass is 9.73. The lowest BCUT2D eigenvalue weighted by molar-refractivity contribution is -0.151. The number of aliphatic carboxylic acids is 1. The number of benzene rings is 2. The number of rotatable bonds is 5. The van der Waals surface area contributed by atoms with Crippen LogP contribution in [-0.2, 0) is 14.4 Å². The molecule has 2 N–H and O–H groups in total. The Labute approximate surface area is 174 Å². The number of carbonyl (C=O) groups is 3. The maximum Gasteiger partial charge on any atom is 0.325 e. The molecule has 30 heavy (non-hydrogen) atoms. The fourth-order valence-corrected chi connectivity index (χ4v) is 4.87. The summed E-state index contributed by atoms with van der Waals surface area (Å²) < 4.78 is 5.30. The van der Waals surface area contributed by atoms with Crippen LogP contribution in [0.1, 0.15) is 25.5 Å². The maximum atomic E-state index is 13.5. The number of hydrogen-bond acceptors (Lipinski definition) is 5. The van der Waals surface area contributed by atoms with E-state index in [1.54, 1.807) is 69.5 Å². The van der Waals surface area contributed by atoms with Gasteiger partial charge in [-0.3, -0.25) is 19.7 Å². The van der Waals surface area contributed by atoms with E-state index in [1.807, 2.05) is 6.07 Å². The second-order valence-electron chi connectivity index (χ2n) is 8.08. The summed E-state index contributed by atoms with van der Waals surface area (Å²) >= 11 is 0. The Bertz CT molecular complexity index is 1010. The SMILES string of the molecule is COc1cccc(C2NC(C(=O)O)(C(C)C)C3C(=O)N(c4ccccc4)C(=O)C23)c1. The summed E-state index contributed by atoms with van der Waals surface area (Å²) in [5.41, 5.74) is -0.396. The first-order chi connectivity index (χ1) is 14.3. The van der Waals surface area contributed by atoms with Gasteiger partial charge in [-0.25, -0.2) is 4.90 Å². The number of amides is 2. The minimum atomic E-state index is -1.56. The number of fused-ring (bicyclic) bond motifs is 1. The molecule has 2 heterocycles. The van der Waals surface area contributed by atoms with Crippen LogP contribution in [0, 0.1) is 17.8 Å². The Morgan fingerprint density at radius 1 is 1.10 bits per heavy atom. The van der Waals surface area contributed by atoms with Gasteiger partial charge in [0, 0.05) is 6.04 Å². The first kappa shape index (κ1) is 20.1. The van der Waals surface area contributed by atoms with E-state index < -0.39 is 41.2 Å². The van der Waals surface area contributed by atoms with Gasteiger partial charge in [-0.15, -0.1) is 0 Å². The zero-order valence-corrected chi connectivity index (χ0v) is 17.0. The average Bonchev–Trinajstić information content (AvgIpc) is 3.24. The monoisotopic (exact) mass is 408 g/mol. The van der Waals surface area contributed by atoms with Gasteiger partial charge in [0.1, 0.15) is 11.3 Å². The van der Waals surface area contributed by atoms with Crippen molar-refractivity contribution in [2.75, 3.05) is 12.0 Å². The van der Waals surface area contributed by atoms with Gasteiger partial charge in [0.2, 0.25) is 11.8 Å². The summed E-state index contributed by atoms with van der Waals surface area (Å²) in [6.07, 6.45) is 0. The molecule has 2 fully saturated rings. The molecule has 0 radical (unpaired) electrons. The van der Waals surface area contributed by atoms with Crippen LogP contribution in [0.4, 0.5) is 5.69 Å². The highest BCUT2D eigenvalue weighted by molar-refractivity contribution is 6.24. The summed E-state index contributed by atoms with van der Waals surface area (Å²) in [5, 5.41) is 13.4. The summed E-state index contributed by atoms with van der Waals surface area (Å²) in [4.78, 5) is 40.7. The summed E-state index contributed by atoms with van der Waals surface area (Å²) in [5.74, 6) is -3.67. The van der Waals surface area contributed by atoms with E-state index in [-0.39, 0.29) is 5.91 Å². The molecule has 2 aromatic carbocycles. The lowest BCUT2D eigenvalue weighted by Gasteiger charge is -2.34. The molecule has 7 heteroatoms. The topological polar surface area (TPSA) is 95.9 Å². The van der Waals surface area contributed by atoms with Gasteiger partial charge in [-0.05, 0) is 35.7 Å². The van der Waals surface area contributed by atoms with Crippen molar-refractivity contribution in [2.24, 2.45) is 17.8 Å². The number of para-hydroxylation sites is 1. The van der Waals surface area contributed by atoms with Crippen molar-refractivity contribution in [1.29, 1.82) is 0 Å². The van der Waals surface area contributed by atoms with Crippen LogP contribution in [0.2, 0.25) is 0 Å². The predicted molar refractivity (Wildman–Crippen MR) is 110 cm³/mol. The average molecular weight is 408 g/mol. The van der Waals surface area contributed by atoms with Crippen LogP contribution in [0.15, 0.2) is 54.6 Å². The molecule has 2 aromatic rings. The number of carboxylic acid groups (broad SMARTS) is 1. The molecule has 2 saturated heterocycles. The molecule has 0 aromatic heterocycles. The number of hydrogen-bond donors (Lipinski definition) is 2. The second-order valence-corrected chi connectivity index (χ2v) is 8.08. The number of carboxylic acids is 1. The molecule has 2 amide bonds. The van der Waals surface area contributed by atoms with Gasteiger partial charge in [-0.2, -0.15) is 0 Å². The fourth-order valence-electron chi connectivity index (χ4n) is 4.87. The number of nitrogens with zero attached hydrogens (tertiary/aromatic N) is 1. The normalized spacial score (nSPS) is 28.1. The lowest BCUT2D eigenvalue weighted by Crippen LogP contribution is -2.59. The van der Waals surface area contributed by atoms with E-state index in [9.17, 15) is 19.5 Å². The van der Waals surface area contributed by atoms with Gasteiger partial charge < -0.3 is 9.84 Å². The quantitative estimate of drug-likeness (QED) is 0.739. The summed E-state index contributed by atoms with van der Waals surface area (Å²) in [6.45, 7) is 3.52. The van der Waals surface area contributed by atoms with Crippen LogP contribution < -0.4 is 15.0 Å². The first-order valence-electron chi connectivity index (χ1n) is 9.90. The smallest absolute Gasteiger partial charge is 0.325 e. The molecule has 4 rings (SSSR count). The number of ether oxygens (including phenoxy) is 1. The molecule has 156 valence electrons. The van der Waals surface area contributed by atoms with Gasteiger partial charge >= 0.3 is 5.97 Å². The molecule has 4 unspecified atom stereocenters. The Kier molecular flexibility index (Phi) is 4.86. The van der Waals surface area contributed by atoms with Crippen LogP contribution in [-0.4, -0.2) is 35.5 Å². The van der Waals surface area contributed by atoms with Crippen molar-refractivity contribution in [1.82, 2.24) is 5.32 Å². The second kappa shape index (κ2) is 7.25. The maximum absolute atomic E-state index is 13.5. The summed E-state index contributed by atoms with van der Waals surface area (Å²) in [7, 11) is 1.54. The van der Waals surface area contributed by atoms with Crippen LogP contribution in [0.3, 0.4) is 0 Å². The highest BCUT2D eigenvalue weighted by Gasteiger charge is 2.69. The van der Waals surface area contributed by atoms with Gasteiger partial charge in [0.15, 0.2) is 0 Å². The van der Waals surface area contributed by atoms with E-state index in [0.29, 0.717) is 17.0 Å². The van der Waals surface area contributed by atoms with E-state index in [1.165, 1.54) is 0 Å². The number of carbonyl (C=O) groups excluding carboxylic acids is 2. The van der Waals surface area contributed by atoms with E-state index >= 15 is 0 Å². The largest absolute Gasteiger partial charge is 0.497 e. The first-order valence-corrected chi connectivity index (χ1v) is 9.90. The van der Waals surface area contributed by atoms with Gasteiger partial charge in [0.05, 0.1) is 24.6 Å². The third-order valence-electron chi connectivity index (χ3n) is 6.33. The van der Waals surface area contributed by atoms with Gasteiger partial charge in [-0.1, -0.05) is 44.2 Å². The minimum absolute atomic E-state index is 0.389. The molecule has 7 nitrogen and oxygen atoms in total. The molecule has 2 aliphatic rings. The van der Waals surface area contributed by atoms with Crippen LogP contribution in [0.25, 0.3) is 0 Å². The molecule has 0 spiro atoms. The van der Waals surface area contributed by atoms with Gasteiger partial charge in [0.25, 0.3) is 0 Å². The van der Waals surface area contributed by atoms with Crippen molar-refractivity contribution in [2.45, 2.75) is 25.4 Å². The van der Waals surface area contributed by atoms with Crippen molar-refractivity contribution in [3.05, 3.63) is 60.2 Å². The Morgan fingerprint density at radius 2 is 1.80 bits per heavy atom. The molecule has 4 atom stereocenters. The fraction of sp³-hybridized carbons (Fsp3) is 0.348. The zero-order valence-electron chi connectivity index (χ0n) is 17.0. The summed E-state index contributed by atoms with van der Waals surface area (Å²) in [6, 6.07) is 15.2. The third kappa shape index (κ3) is 2.73. The Balaban J connectivity index is 1.88. The van der Waals surface area contributed by atoms with Crippen LogP contribution >= 0.6 is 0 Å². The Hall–Kier alpha value is -3.19. The van der Waals surface area contributed by atoms with E-state index in [4.69, 9.17) is 4.74 Å². The van der Waals surface area contributed by atoms with Crippen LogP contribution in [0.5, 0.6) is 5.75 Å². The zero-order chi connectivity index (χ0) is 21.6. The molecule has 2 aliphatic heterocycles. The van der Waals surface area contributed by atoms with Crippen molar-refractivity contribution in [3.63, 3.8) is 0 Å². The number of methoxy groups -OCH3 is 1. The number of anilines is 1. The van der Waals surface area contributed by atoms with Crippen molar-refractivity contribution < 1.29 is 24.2 Å². The molecule has 0 saturated carbocycles. The molecule has 0 aliphatic carbocycles. The highest BCUT2D eigenvalue weighted by Crippen LogP contribution is 2.52. The highest BCUT2D eigenvalue weighted by atomic mass is 16.5. The minimum Gasteiger partial charge on any atom is -0.497 e. The van der Waals surface area contributed by atoms with Crippen molar-refractivity contribution >= 4 is 23.5 Å². The molecular weight excluding hydrogens is 384 g/mol.